The smallest absolute Gasteiger partial charge is 0.191 e. The molecule has 0 radical (unpaired) electrons. The molecule has 1 aromatic carbocycles. The van der Waals surface area contributed by atoms with Gasteiger partial charge in [-0.2, -0.15) is 11.8 Å². The van der Waals surface area contributed by atoms with Crippen molar-refractivity contribution >= 4 is 41.7 Å². The number of rotatable bonds is 8. The average Bonchev–Trinajstić information content (AvgIpc) is 2.66. The summed E-state index contributed by atoms with van der Waals surface area (Å²) in [6, 6.07) is 8.63. The van der Waals surface area contributed by atoms with Gasteiger partial charge >= 0.3 is 0 Å². The lowest BCUT2D eigenvalue weighted by molar-refractivity contribution is 0.0341. The molecule has 0 spiro atoms. The molecule has 0 atom stereocenters. The van der Waals surface area contributed by atoms with Crippen LogP contribution in [0.15, 0.2) is 29.3 Å². The summed E-state index contributed by atoms with van der Waals surface area (Å²) in [5, 5.41) is 6.83. The van der Waals surface area contributed by atoms with Crippen LogP contribution in [0.1, 0.15) is 31.9 Å². The fourth-order valence-electron chi connectivity index (χ4n) is 2.74. The summed E-state index contributed by atoms with van der Waals surface area (Å²) >= 11 is 1.86. The fraction of sp³-hybridized carbons (Fsp3) is 0.650. The van der Waals surface area contributed by atoms with Gasteiger partial charge in [-0.3, -0.25) is 4.90 Å². The van der Waals surface area contributed by atoms with E-state index >= 15 is 0 Å². The van der Waals surface area contributed by atoms with Crippen LogP contribution in [0.2, 0.25) is 0 Å². The van der Waals surface area contributed by atoms with Gasteiger partial charge < -0.3 is 15.4 Å². The zero-order chi connectivity index (χ0) is 18.8. The van der Waals surface area contributed by atoms with Gasteiger partial charge in [0.25, 0.3) is 0 Å². The fourth-order valence-corrected chi connectivity index (χ4v) is 2.96. The lowest BCUT2D eigenvalue weighted by Crippen LogP contribution is -2.43. The second kappa shape index (κ2) is 12.9. The SMILES string of the molecule is CCNC(=NCc1ccccc1CN1CCOCC1)NCC(C)(C)SC.I. The number of thioether (sulfide) groups is 1. The van der Waals surface area contributed by atoms with Crippen LogP contribution in [-0.4, -0.2) is 61.3 Å². The molecular weight excluding hydrogens is 471 g/mol. The van der Waals surface area contributed by atoms with E-state index in [9.17, 15) is 0 Å². The average molecular weight is 506 g/mol. The zero-order valence-corrected chi connectivity index (χ0v) is 20.2. The second-order valence-corrected chi connectivity index (χ2v) is 8.68. The number of benzene rings is 1. The predicted molar refractivity (Wildman–Crippen MR) is 128 cm³/mol. The lowest BCUT2D eigenvalue weighted by atomic mass is 10.1. The number of ether oxygens (including phenoxy) is 1. The van der Waals surface area contributed by atoms with Crippen molar-refractivity contribution in [3.05, 3.63) is 35.4 Å². The van der Waals surface area contributed by atoms with Crippen molar-refractivity contribution in [2.75, 3.05) is 45.6 Å². The first-order chi connectivity index (χ1) is 12.5. The van der Waals surface area contributed by atoms with E-state index < -0.39 is 0 Å². The van der Waals surface area contributed by atoms with Crippen molar-refractivity contribution in [3.63, 3.8) is 0 Å². The Kier molecular flexibility index (Phi) is 11.7. The standard InChI is InChI=1S/C20H34N4OS.HI/c1-5-21-19(23-16-20(2,3)26-4)22-14-17-8-6-7-9-18(17)15-24-10-12-25-13-11-24;/h6-9H,5,10-16H2,1-4H3,(H2,21,22,23);1H. The van der Waals surface area contributed by atoms with Crippen molar-refractivity contribution in [3.8, 4) is 0 Å². The lowest BCUT2D eigenvalue weighted by Gasteiger charge is -2.27. The van der Waals surface area contributed by atoms with E-state index in [4.69, 9.17) is 9.73 Å². The molecule has 1 aromatic rings. The summed E-state index contributed by atoms with van der Waals surface area (Å²) in [7, 11) is 0. The third kappa shape index (κ3) is 9.02. The minimum absolute atomic E-state index is 0. The summed E-state index contributed by atoms with van der Waals surface area (Å²) < 4.78 is 5.64. The molecule has 0 aromatic heterocycles. The molecule has 1 aliphatic rings. The van der Waals surface area contributed by atoms with Gasteiger partial charge in [-0.05, 0) is 38.2 Å². The van der Waals surface area contributed by atoms with E-state index in [0.717, 1.165) is 51.9 Å². The van der Waals surface area contributed by atoms with Crippen molar-refractivity contribution in [2.24, 2.45) is 4.99 Å². The summed E-state index contributed by atoms with van der Waals surface area (Å²) in [6.07, 6.45) is 2.15. The number of halogens is 1. The summed E-state index contributed by atoms with van der Waals surface area (Å²) in [5.74, 6) is 0.885. The van der Waals surface area contributed by atoms with Gasteiger partial charge in [-0.1, -0.05) is 24.3 Å². The van der Waals surface area contributed by atoms with Gasteiger partial charge in [-0.25, -0.2) is 4.99 Å². The Morgan fingerprint density at radius 2 is 1.85 bits per heavy atom. The monoisotopic (exact) mass is 506 g/mol. The van der Waals surface area contributed by atoms with E-state index in [1.54, 1.807) is 0 Å². The second-order valence-electron chi connectivity index (χ2n) is 7.17. The van der Waals surface area contributed by atoms with Crippen molar-refractivity contribution in [1.82, 2.24) is 15.5 Å². The molecule has 154 valence electrons. The highest BCUT2D eigenvalue weighted by atomic mass is 127. The largest absolute Gasteiger partial charge is 0.379 e. The molecule has 1 aliphatic heterocycles. The van der Waals surface area contributed by atoms with Gasteiger partial charge in [-0.15, -0.1) is 24.0 Å². The summed E-state index contributed by atoms with van der Waals surface area (Å²) in [4.78, 5) is 7.27. The molecule has 27 heavy (non-hydrogen) atoms. The highest BCUT2D eigenvalue weighted by molar-refractivity contribution is 14.0. The first-order valence-electron chi connectivity index (χ1n) is 9.48. The Balaban J connectivity index is 0.00000364. The van der Waals surface area contributed by atoms with Crippen LogP contribution in [-0.2, 0) is 17.8 Å². The van der Waals surface area contributed by atoms with Crippen molar-refractivity contribution < 1.29 is 4.74 Å². The maximum absolute atomic E-state index is 5.46. The Bertz CT molecular complexity index is 577. The van der Waals surface area contributed by atoms with Crippen LogP contribution >= 0.6 is 35.7 Å². The molecule has 0 aliphatic carbocycles. The molecule has 0 unspecified atom stereocenters. The van der Waals surface area contributed by atoms with Crippen LogP contribution in [0, 0.1) is 0 Å². The summed E-state index contributed by atoms with van der Waals surface area (Å²) in [5.41, 5.74) is 2.65. The van der Waals surface area contributed by atoms with E-state index in [-0.39, 0.29) is 28.7 Å². The number of morpholine rings is 1. The topological polar surface area (TPSA) is 48.9 Å². The molecule has 0 bridgehead atoms. The number of hydrogen-bond acceptors (Lipinski definition) is 4. The molecule has 1 saturated heterocycles. The molecule has 5 nitrogen and oxygen atoms in total. The van der Waals surface area contributed by atoms with Gasteiger partial charge in [0.1, 0.15) is 0 Å². The van der Waals surface area contributed by atoms with E-state index in [1.165, 1.54) is 11.1 Å². The molecule has 1 fully saturated rings. The first-order valence-corrected chi connectivity index (χ1v) is 10.7. The van der Waals surface area contributed by atoms with E-state index in [1.807, 2.05) is 11.8 Å². The predicted octanol–water partition coefficient (Wildman–Crippen LogP) is 3.33. The van der Waals surface area contributed by atoms with Crippen LogP contribution in [0.5, 0.6) is 0 Å². The summed E-state index contributed by atoms with van der Waals surface area (Å²) in [6.45, 7) is 13.7. The molecular formula is C20H35IN4OS. The highest BCUT2D eigenvalue weighted by Gasteiger charge is 2.16. The Hall–Kier alpha value is -0.510. The minimum atomic E-state index is 0. The molecule has 7 heteroatoms. The maximum atomic E-state index is 5.46. The van der Waals surface area contributed by atoms with Crippen LogP contribution in [0.3, 0.4) is 0 Å². The van der Waals surface area contributed by atoms with E-state index in [0.29, 0.717) is 6.54 Å². The molecule has 2 N–H and O–H groups in total. The van der Waals surface area contributed by atoms with E-state index in [2.05, 4.69) is 66.8 Å². The number of nitrogens with zero attached hydrogens (tertiary/aromatic N) is 2. The quantitative estimate of drug-likeness (QED) is 0.322. The van der Waals surface area contributed by atoms with Gasteiger partial charge in [0.2, 0.25) is 0 Å². The van der Waals surface area contributed by atoms with Gasteiger partial charge in [0, 0.05) is 37.5 Å². The number of nitrogens with one attached hydrogen (secondary N) is 2. The number of aliphatic imine (C=N–C) groups is 1. The zero-order valence-electron chi connectivity index (χ0n) is 17.1. The minimum Gasteiger partial charge on any atom is -0.379 e. The third-order valence-corrected chi connectivity index (χ3v) is 5.85. The third-order valence-electron chi connectivity index (χ3n) is 4.60. The molecule has 1 heterocycles. The van der Waals surface area contributed by atoms with Crippen LogP contribution in [0.25, 0.3) is 0 Å². The van der Waals surface area contributed by atoms with Crippen LogP contribution < -0.4 is 10.6 Å². The molecule has 0 amide bonds. The van der Waals surface area contributed by atoms with Crippen molar-refractivity contribution in [2.45, 2.75) is 38.6 Å². The van der Waals surface area contributed by atoms with Crippen LogP contribution in [0.4, 0.5) is 0 Å². The Morgan fingerprint density at radius 3 is 2.48 bits per heavy atom. The van der Waals surface area contributed by atoms with Gasteiger partial charge in [0.15, 0.2) is 5.96 Å². The molecule has 0 saturated carbocycles. The number of guanidine groups is 1. The maximum Gasteiger partial charge on any atom is 0.191 e. The Labute approximate surface area is 186 Å². The first kappa shape index (κ1) is 24.5. The van der Waals surface area contributed by atoms with Gasteiger partial charge in [0.05, 0.1) is 19.8 Å². The number of hydrogen-bond donors (Lipinski definition) is 2. The normalized spacial score (nSPS) is 15.9. The van der Waals surface area contributed by atoms with Crippen molar-refractivity contribution in [1.29, 1.82) is 0 Å². The Morgan fingerprint density at radius 1 is 1.19 bits per heavy atom. The highest BCUT2D eigenvalue weighted by Crippen LogP contribution is 2.19. The molecule has 2 rings (SSSR count).